The van der Waals surface area contributed by atoms with E-state index in [2.05, 4.69) is 6.92 Å². The van der Waals surface area contributed by atoms with Gasteiger partial charge in [-0.15, -0.1) is 0 Å². The second-order valence-corrected chi connectivity index (χ2v) is 2.89. The van der Waals surface area contributed by atoms with Gasteiger partial charge >= 0.3 is 0 Å². The van der Waals surface area contributed by atoms with Crippen LogP contribution in [0.2, 0.25) is 0 Å². The van der Waals surface area contributed by atoms with E-state index in [0.717, 1.165) is 31.6 Å². The Bertz CT molecular complexity index is 97.4. The van der Waals surface area contributed by atoms with E-state index in [0.29, 0.717) is 5.78 Å². The Labute approximate surface area is 70.2 Å². The van der Waals surface area contributed by atoms with Crippen LogP contribution in [0.1, 0.15) is 52.9 Å². The number of carbonyl (C=O) groups excluding carboxylic acids is 1. The SMILES string of the molecule is CC.CCC1CCC(=O)CC1. The second-order valence-electron chi connectivity index (χ2n) is 2.89. The van der Waals surface area contributed by atoms with Gasteiger partial charge in [0.1, 0.15) is 5.78 Å². The molecule has 11 heavy (non-hydrogen) atoms. The van der Waals surface area contributed by atoms with Crippen LogP contribution in [0.5, 0.6) is 0 Å². The third-order valence-corrected chi connectivity index (χ3v) is 2.24. The van der Waals surface area contributed by atoms with E-state index in [4.69, 9.17) is 0 Å². The molecular weight excluding hydrogens is 136 g/mol. The summed E-state index contributed by atoms with van der Waals surface area (Å²) >= 11 is 0. The molecule has 0 bridgehead atoms. The summed E-state index contributed by atoms with van der Waals surface area (Å²) in [4.78, 5) is 10.7. The molecule has 1 aliphatic carbocycles. The van der Waals surface area contributed by atoms with Crippen molar-refractivity contribution in [3.63, 3.8) is 0 Å². The molecule has 0 amide bonds. The Morgan fingerprint density at radius 2 is 1.73 bits per heavy atom. The molecule has 1 heteroatoms. The van der Waals surface area contributed by atoms with E-state index in [1.54, 1.807) is 0 Å². The first-order valence-corrected chi connectivity index (χ1v) is 4.84. The number of Topliss-reactive ketones (excluding diaryl/α,β-unsaturated/α-hetero) is 1. The third kappa shape index (κ3) is 4.18. The lowest BCUT2D eigenvalue weighted by molar-refractivity contribution is -0.121. The van der Waals surface area contributed by atoms with Crippen molar-refractivity contribution in [1.29, 1.82) is 0 Å². The molecule has 0 aliphatic heterocycles. The molecule has 1 nitrogen and oxygen atoms in total. The zero-order chi connectivity index (χ0) is 8.69. The molecule has 0 unspecified atom stereocenters. The van der Waals surface area contributed by atoms with Crippen molar-refractivity contribution in [2.75, 3.05) is 0 Å². The van der Waals surface area contributed by atoms with Crippen molar-refractivity contribution in [1.82, 2.24) is 0 Å². The van der Waals surface area contributed by atoms with E-state index in [9.17, 15) is 4.79 Å². The Hall–Kier alpha value is -0.330. The van der Waals surface area contributed by atoms with Gasteiger partial charge in [0.05, 0.1) is 0 Å². The van der Waals surface area contributed by atoms with Crippen LogP contribution in [0.3, 0.4) is 0 Å². The lowest BCUT2D eigenvalue weighted by atomic mass is 9.87. The van der Waals surface area contributed by atoms with Crippen molar-refractivity contribution in [2.45, 2.75) is 52.9 Å². The number of hydrogen-bond donors (Lipinski definition) is 0. The summed E-state index contributed by atoms with van der Waals surface area (Å²) in [5.74, 6) is 1.32. The quantitative estimate of drug-likeness (QED) is 0.570. The van der Waals surface area contributed by atoms with Crippen molar-refractivity contribution in [3.8, 4) is 0 Å². The third-order valence-electron chi connectivity index (χ3n) is 2.24. The average Bonchev–Trinajstić information content (AvgIpc) is 2.10. The summed E-state index contributed by atoms with van der Waals surface area (Å²) in [6.07, 6.45) is 5.24. The fourth-order valence-electron chi connectivity index (χ4n) is 1.41. The topological polar surface area (TPSA) is 17.1 Å². The first-order chi connectivity index (χ1) is 5.33. The predicted molar refractivity (Wildman–Crippen MR) is 48.6 cm³/mol. The minimum atomic E-state index is 0.472. The Balaban J connectivity index is 0.000000461. The number of rotatable bonds is 1. The maximum Gasteiger partial charge on any atom is 0.132 e. The van der Waals surface area contributed by atoms with Gasteiger partial charge in [-0.05, 0) is 18.8 Å². The molecule has 0 saturated heterocycles. The molecule has 0 atom stereocenters. The van der Waals surface area contributed by atoms with Crippen LogP contribution in [0, 0.1) is 5.92 Å². The summed E-state index contributed by atoms with van der Waals surface area (Å²) in [5, 5.41) is 0. The fourth-order valence-corrected chi connectivity index (χ4v) is 1.41. The van der Waals surface area contributed by atoms with Gasteiger partial charge in [0, 0.05) is 12.8 Å². The Morgan fingerprint density at radius 3 is 2.09 bits per heavy atom. The van der Waals surface area contributed by atoms with Gasteiger partial charge in [-0.2, -0.15) is 0 Å². The van der Waals surface area contributed by atoms with E-state index in [1.165, 1.54) is 6.42 Å². The lowest BCUT2D eigenvalue weighted by Gasteiger charge is -2.18. The summed E-state index contributed by atoms with van der Waals surface area (Å²) in [6.45, 7) is 6.21. The summed E-state index contributed by atoms with van der Waals surface area (Å²) < 4.78 is 0. The lowest BCUT2D eigenvalue weighted by Crippen LogP contribution is -2.12. The Morgan fingerprint density at radius 1 is 1.27 bits per heavy atom. The van der Waals surface area contributed by atoms with Crippen molar-refractivity contribution in [2.24, 2.45) is 5.92 Å². The van der Waals surface area contributed by atoms with E-state index in [1.807, 2.05) is 13.8 Å². The molecule has 0 spiro atoms. The highest BCUT2D eigenvalue weighted by atomic mass is 16.1. The molecule has 1 saturated carbocycles. The molecule has 0 aromatic heterocycles. The zero-order valence-electron chi connectivity index (χ0n) is 8.02. The van der Waals surface area contributed by atoms with Crippen LogP contribution in [0.25, 0.3) is 0 Å². The maximum absolute atomic E-state index is 10.7. The molecular formula is C10H20O. The minimum Gasteiger partial charge on any atom is -0.300 e. The van der Waals surface area contributed by atoms with Crippen LogP contribution >= 0.6 is 0 Å². The summed E-state index contributed by atoms with van der Waals surface area (Å²) in [6, 6.07) is 0. The molecule has 0 N–H and O–H groups in total. The second kappa shape index (κ2) is 6.38. The fraction of sp³-hybridized carbons (Fsp3) is 0.900. The van der Waals surface area contributed by atoms with Gasteiger partial charge in [-0.1, -0.05) is 27.2 Å². The average molecular weight is 156 g/mol. The summed E-state index contributed by atoms with van der Waals surface area (Å²) in [5.41, 5.74) is 0. The van der Waals surface area contributed by atoms with Gasteiger partial charge in [-0.3, -0.25) is 4.79 Å². The van der Waals surface area contributed by atoms with E-state index < -0.39 is 0 Å². The van der Waals surface area contributed by atoms with Gasteiger partial charge in [0.15, 0.2) is 0 Å². The number of hydrogen-bond acceptors (Lipinski definition) is 1. The predicted octanol–water partition coefficient (Wildman–Crippen LogP) is 3.18. The molecule has 66 valence electrons. The van der Waals surface area contributed by atoms with Gasteiger partial charge in [0.25, 0.3) is 0 Å². The minimum absolute atomic E-state index is 0.472. The smallest absolute Gasteiger partial charge is 0.132 e. The Kier molecular flexibility index (Phi) is 6.19. The van der Waals surface area contributed by atoms with E-state index in [-0.39, 0.29) is 0 Å². The van der Waals surface area contributed by atoms with Crippen molar-refractivity contribution in [3.05, 3.63) is 0 Å². The van der Waals surface area contributed by atoms with Crippen LogP contribution in [-0.2, 0) is 4.79 Å². The molecule has 0 radical (unpaired) electrons. The first kappa shape index (κ1) is 10.7. The normalized spacial score (nSPS) is 19.0. The standard InChI is InChI=1S/C8H14O.C2H6/c1-2-7-3-5-8(9)6-4-7;1-2/h7H,2-6H2,1H3;1-2H3. The molecule has 0 heterocycles. The number of ketones is 1. The molecule has 0 aromatic rings. The molecule has 1 aliphatic rings. The van der Waals surface area contributed by atoms with Crippen molar-refractivity contribution < 1.29 is 4.79 Å². The number of carbonyl (C=O) groups is 1. The molecule has 1 fully saturated rings. The largest absolute Gasteiger partial charge is 0.300 e. The van der Waals surface area contributed by atoms with Crippen LogP contribution in [0.4, 0.5) is 0 Å². The van der Waals surface area contributed by atoms with Gasteiger partial charge in [-0.25, -0.2) is 0 Å². The van der Waals surface area contributed by atoms with Crippen LogP contribution in [0.15, 0.2) is 0 Å². The maximum atomic E-state index is 10.7. The summed E-state index contributed by atoms with van der Waals surface area (Å²) in [7, 11) is 0. The highest BCUT2D eigenvalue weighted by Crippen LogP contribution is 2.23. The van der Waals surface area contributed by atoms with E-state index >= 15 is 0 Å². The van der Waals surface area contributed by atoms with Gasteiger partial charge in [0.2, 0.25) is 0 Å². The molecule has 1 rings (SSSR count). The van der Waals surface area contributed by atoms with Crippen LogP contribution in [-0.4, -0.2) is 5.78 Å². The molecule has 0 aromatic carbocycles. The van der Waals surface area contributed by atoms with Gasteiger partial charge < -0.3 is 0 Å². The van der Waals surface area contributed by atoms with Crippen LogP contribution < -0.4 is 0 Å². The highest BCUT2D eigenvalue weighted by molar-refractivity contribution is 5.78. The highest BCUT2D eigenvalue weighted by Gasteiger charge is 2.16. The zero-order valence-corrected chi connectivity index (χ0v) is 8.02. The van der Waals surface area contributed by atoms with Crippen molar-refractivity contribution >= 4 is 5.78 Å². The first-order valence-electron chi connectivity index (χ1n) is 4.84. The monoisotopic (exact) mass is 156 g/mol.